The number of carbonyl (C=O) groups is 2. The van der Waals surface area contributed by atoms with E-state index >= 15 is 0 Å². The van der Waals surface area contributed by atoms with E-state index in [0.29, 0.717) is 19.5 Å². The van der Waals surface area contributed by atoms with Gasteiger partial charge in [-0.3, -0.25) is 14.3 Å². The molecule has 2 aromatic rings. The highest BCUT2D eigenvalue weighted by Gasteiger charge is 2.35. The molecule has 0 spiro atoms. The lowest BCUT2D eigenvalue weighted by atomic mass is 10.1. The van der Waals surface area contributed by atoms with Crippen molar-refractivity contribution in [3.63, 3.8) is 0 Å². The summed E-state index contributed by atoms with van der Waals surface area (Å²) in [6, 6.07) is 8.24. The molecule has 2 heterocycles. The number of likely N-dealkylation sites (tertiary alicyclic amines) is 1. The second kappa shape index (κ2) is 7.03. The predicted octanol–water partition coefficient (Wildman–Crippen LogP) is 1.80. The lowest BCUT2D eigenvalue weighted by Crippen LogP contribution is -2.36. The van der Waals surface area contributed by atoms with E-state index in [1.54, 1.807) is 4.90 Å². The van der Waals surface area contributed by atoms with Gasteiger partial charge in [0.2, 0.25) is 11.8 Å². The third-order valence-electron chi connectivity index (χ3n) is 4.55. The summed E-state index contributed by atoms with van der Waals surface area (Å²) in [6.45, 7) is 5.85. The Morgan fingerprint density at radius 2 is 2.17 bits per heavy atom. The molecule has 1 unspecified atom stereocenters. The molecule has 1 N–H and O–H groups in total. The molecule has 3 rings (SSSR count). The maximum Gasteiger partial charge on any atom is 0.225 e. The van der Waals surface area contributed by atoms with Gasteiger partial charge >= 0.3 is 0 Å². The van der Waals surface area contributed by atoms with Gasteiger partial charge in [0.15, 0.2) is 0 Å². The molecule has 1 aliphatic rings. The second-order valence-corrected chi connectivity index (χ2v) is 6.61. The van der Waals surface area contributed by atoms with Crippen LogP contribution in [0.1, 0.15) is 26.7 Å². The number of nitrogens with zero attached hydrogens (tertiary/aromatic N) is 3. The summed E-state index contributed by atoms with van der Waals surface area (Å²) in [7, 11) is 0. The van der Waals surface area contributed by atoms with Gasteiger partial charge in [0.1, 0.15) is 0 Å². The Morgan fingerprint density at radius 3 is 2.92 bits per heavy atom. The smallest absolute Gasteiger partial charge is 0.225 e. The third-order valence-corrected chi connectivity index (χ3v) is 4.55. The molecule has 1 fully saturated rings. The van der Waals surface area contributed by atoms with Crippen LogP contribution in [0.25, 0.3) is 10.9 Å². The van der Waals surface area contributed by atoms with Crippen LogP contribution in [0.4, 0.5) is 0 Å². The lowest BCUT2D eigenvalue weighted by molar-refractivity contribution is -0.129. The minimum Gasteiger partial charge on any atom is -0.356 e. The molecule has 0 aliphatic carbocycles. The summed E-state index contributed by atoms with van der Waals surface area (Å²) < 4.78 is 1.96. The average Bonchev–Trinajstić information content (AvgIpc) is 3.15. The number of aromatic nitrogens is 2. The monoisotopic (exact) mass is 328 g/mol. The van der Waals surface area contributed by atoms with Crippen molar-refractivity contribution in [2.45, 2.75) is 39.3 Å². The van der Waals surface area contributed by atoms with Crippen molar-refractivity contribution in [2.24, 2.45) is 5.92 Å². The van der Waals surface area contributed by atoms with E-state index in [2.05, 4.69) is 10.4 Å². The molecule has 6 nitrogen and oxygen atoms in total. The molecule has 6 heteroatoms. The van der Waals surface area contributed by atoms with Gasteiger partial charge in [-0.05, 0) is 26.3 Å². The van der Waals surface area contributed by atoms with Crippen LogP contribution in [0, 0.1) is 5.92 Å². The Labute approximate surface area is 141 Å². The average molecular weight is 328 g/mol. The standard InChI is InChI=1S/C18H24N4O2/c1-13(2)21-12-15(10-17(21)23)18(24)19-8-5-9-22-16-7-4-3-6-14(16)11-20-22/h3-4,6-7,11,13,15H,5,8-10,12H2,1-2H3,(H,19,24). The zero-order valence-electron chi connectivity index (χ0n) is 14.2. The molecule has 1 aromatic carbocycles. The summed E-state index contributed by atoms with van der Waals surface area (Å²) >= 11 is 0. The minimum absolute atomic E-state index is 0.0168. The second-order valence-electron chi connectivity index (χ2n) is 6.61. The molecule has 128 valence electrons. The Hall–Kier alpha value is -2.37. The third kappa shape index (κ3) is 3.42. The van der Waals surface area contributed by atoms with E-state index < -0.39 is 0 Å². The minimum atomic E-state index is -0.217. The summed E-state index contributed by atoms with van der Waals surface area (Å²) in [5.41, 5.74) is 1.11. The van der Waals surface area contributed by atoms with Gasteiger partial charge in [-0.25, -0.2) is 0 Å². The molecular weight excluding hydrogens is 304 g/mol. The van der Waals surface area contributed by atoms with Crippen molar-refractivity contribution in [3.8, 4) is 0 Å². The van der Waals surface area contributed by atoms with Crippen LogP contribution in [-0.4, -0.2) is 45.6 Å². The first kappa shape index (κ1) is 16.5. The number of hydrogen-bond acceptors (Lipinski definition) is 3. The van der Waals surface area contributed by atoms with Crippen molar-refractivity contribution in [2.75, 3.05) is 13.1 Å². The van der Waals surface area contributed by atoms with Gasteiger partial charge in [-0.2, -0.15) is 5.10 Å². The first-order valence-electron chi connectivity index (χ1n) is 8.54. The predicted molar refractivity (Wildman–Crippen MR) is 92.3 cm³/mol. The highest BCUT2D eigenvalue weighted by molar-refractivity contribution is 5.89. The van der Waals surface area contributed by atoms with Crippen LogP contribution < -0.4 is 5.32 Å². The van der Waals surface area contributed by atoms with E-state index in [1.807, 2.05) is 49.0 Å². The SMILES string of the molecule is CC(C)N1CC(C(=O)NCCCn2ncc3ccccc32)CC1=O. The Kier molecular flexibility index (Phi) is 4.83. The molecule has 1 aliphatic heterocycles. The molecule has 0 bridgehead atoms. The number of rotatable bonds is 6. The molecule has 1 atom stereocenters. The first-order chi connectivity index (χ1) is 11.6. The van der Waals surface area contributed by atoms with Gasteiger partial charge in [-0.1, -0.05) is 18.2 Å². The van der Waals surface area contributed by atoms with Crippen LogP contribution in [0.5, 0.6) is 0 Å². The Balaban J connectivity index is 1.45. The van der Waals surface area contributed by atoms with Crippen LogP contribution in [-0.2, 0) is 16.1 Å². The van der Waals surface area contributed by atoms with Crippen molar-refractivity contribution in [3.05, 3.63) is 30.5 Å². The highest BCUT2D eigenvalue weighted by Crippen LogP contribution is 2.20. The van der Waals surface area contributed by atoms with Crippen molar-refractivity contribution in [1.29, 1.82) is 0 Å². The van der Waals surface area contributed by atoms with Gasteiger partial charge in [0, 0.05) is 37.5 Å². The maximum atomic E-state index is 12.2. The molecule has 0 radical (unpaired) electrons. The van der Waals surface area contributed by atoms with Gasteiger partial charge in [-0.15, -0.1) is 0 Å². The van der Waals surface area contributed by atoms with Gasteiger partial charge in [0.05, 0.1) is 17.6 Å². The van der Waals surface area contributed by atoms with Crippen LogP contribution in [0.3, 0.4) is 0 Å². The summed E-state index contributed by atoms with van der Waals surface area (Å²) in [6.07, 6.45) is 3.00. The Bertz CT molecular complexity index is 737. The summed E-state index contributed by atoms with van der Waals surface area (Å²) in [5.74, 6) is -0.157. The first-order valence-corrected chi connectivity index (χ1v) is 8.54. The normalized spacial score (nSPS) is 17.9. The number of amides is 2. The van der Waals surface area contributed by atoms with Crippen molar-refractivity contribution >= 4 is 22.7 Å². The van der Waals surface area contributed by atoms with Crippen molar-refractivity contribution < 1.29 is 9.59 Å². The van der Waals surface area contributed by atoms with Gasteiger partial charge in [0.25, 0.3) is 0 Å². The number of benzene rings is 1. The molecular formula is C18H24N4O2. The number of aryl methyl sites for hydroxylation is 1. The molecule has 1 aromatic heterocycles. The highest BCUT2D eigenvalue weighted by atomic mass is 16.2. The lowest BCUT2D eigenvalue weighted by Gasteiger charge is -2.20. The summed E-state index contributed by atoms with van der Waals surface area (Å²) in [5, 5.41) is 8.46. The number of nitrogens with one attached hydrogen (secondary N) is 1. The van der Waals surface area contributed by atoms with E-state index in [9.17, 15) is 9.59 Å². The number of para-hydroxylation sites is 1. The maximum absolute atomic E-state index is 12.2. The van der Waals surface area contributed by atoms with E-state index in [0.717, 1.165) is 23.9 Å². The van der Waals surface area contributed by atoms with Crippen LogP contribution >= 0.6 is 0 Å². The topological polar surface area (TPSA) is 67.2 Å². The van der Waals surface area contributed by atoms with E-state index in [-0.39, 0.29) is 23.8 Å². The molecule has 24 heavy (non-hydrogen) atoms. The van der Waals surface area contributed by atoms with Gasteiger partial charge < -0.3 is 10.2 Å². The zero-order chi connectivity index (χ0) is 17.1. The van der Waals surface area contributed by atoms with E-state index in [1.165, 1.54) is 0 Å². The number of hydrogen-bond donors (Lipinski definition) is 1. The fraction of sp³-hybridized carbons (Fsp3) is 0.500. The zero-order valence-corrected chi connectivity index (χ0v) is 14.2. The van der Waals surface area contributed by atoms with Crippen molar-refractivity contribution in [1.82, 2.24) is 20.0 Å². The molecule has 1 saturated heterocycles. The number of carbonyl (C=O) groups excluding carboxylic acids is 2. The number of fused-ring (bicyclic) bond motifs is 1. The Morgan fingerprint density at radius 1 is 1.38 bits per heavy atom. The molecule has 2 amide bonds. The van der Waals surface area contributed by atoms with Crippen LogP contribution in [0.15, 0.2) is 30.5 Å². The van der Waals surface area contributed by atoms with E-state index in [4.69, 9.17) is 0 Å². The largest absolute Gasteiger partial charge is 0.356 e. The quantitative estimate of drug-likeness (QED) is 0.822. The van der Waals surface area contributed by atoms with Crippen LogP contribution in [0.2, 0.25) is 0 Å². The summed E-state index contributed by atoms with van der Waals surface area (Å²) in [4.78, 5) is 25.9. The molecule has 0 saturated carbocycles. The fourth-order valence-electron chi connectivity index (χ4n) is 3.20. The fourth-order valence-corrected chi connectivity index (χ4v) is 3.20.